The summed E-state index contributed by atoms with van der Waals surface area (Å²) in [4.78, 5) is 16.9. The van der Waals surface area contributed by atoms with Gasteiger partial charge in [0.25, 0.3) is 5.91 Å². The van der Waals surface area contributed by atoms with Crippen molar-refractivity contribution in [3.63, 3.8) is 0 Å². The number of ether oxygens (including phenoxy) is 1. The molecule has 6 heteroatoms. The number of aromatic nitrogens is 1. The van der Waals surface area contributed by atoms with Crippen LogP contribution >= 0.6 is 0 Å². The van der Waals surface area contributed by atoms with Crippen molar-refractivity contribution in [2.45, 2.75) is 6.92 Å². The average Bonchev–Trinajstić information content (AvgIpc) is 2.62. The van der Waals surface area contributed by atoms with Crippen molar-refractivity contribution in [1.29, 1.82) is 0 Å². The summed E-state index contributed by atoms with van der Waals surface area (Å²) in [5, 5.41) is 14.3. The molecule has 0 saturated heterocycles. The topological polar surface area (TPSA) is 83.8 Å². The third kappa shape index (κ3) is 3.58. The number of fused-ring (bicyclic) bond motifs is 1. The number of phenolic OH excluding ortho intramolecular Hbond substituents is 1. The first-order valence-electron chi connectivity index (χ1n) is 7.65. The van der Waals surface area contributed by atoms with Gasteiger partial charge in [0.05, 0.1) is 24.4 Å². The fourth-order valence-corrected chi connectivity index (χ4v) is 2.50. The summed E-state index contributed by atoms with van der Waals surface area (Å²) in [6.45, 7) is 1.84. The quantitative estimate of drug-likeness (QED) is 0.567. The summed E-state index contributed by atoms with van der Waals surface area (Å²) in [7, 11) is 1.47. The number of amides is 1. The molecule has 3 rings (SSSR count). The summed E-state index contributed by atoms with van der Waals surface area (Å²) < 4.78 is 5.04. The molecule has 0 aliphatic rings. The molecule has 25 heavy (non-hydrogen) atoms. The van der Waals surface area contributed by atoms with Gasteiger partial charge in [-0.15, -0.1) is 0 Å². The predicted octanol–water partition coefficient (Wildman–Crippen LogP) is 3.02. The zero-order valence-corrected chi connectivity index (χ0v) is 13.9. The summed E-state index contributed by atoms with van der Waals surface area (Å²) in [6.07, 6.45) is 1.48. The molecule has 0 unspecified atom stereocenters. The molecule has 0 aliphatic heterocycles. The van der Waals surface area contributed by atoms with Gasteiger partial charge in [-0.05, 0) is 42.8 Å². The Morgan fingerprint density at radius 2 is 2.04 bits per heavy atom. The van der Waals surface area contributed by atoms with Crippen molar-refractivity contribution in [2.24, 2.45) is 5.10 Å². The standard InChI is InChI=1S/C19H17N3O3/c1-12-9-15(14-5-3-4-6-16(14)21-12)19(24)22-20-11-13-7-8-17(23)18(10-13)25-2/h3-11,23H,1-2H3,(H,22,24). The van der Waals surface area contributed by atoms with Gasteiger partial charge in [-0.25, -0.2) is 5.43 Å². The Balaban J connectivity index is 1.81. The van der Waals surface area contributed by atoms with E-state index < -0.39 is 0 Å². The van der Waals surface area contributed by atoms with Crippen LogP contribution in [0.3, 0.4) is 0 Å². The molecule has 3 aromatic rings. The molecular formula is C19H17N3O3. The first-order valence-corrected chi connectivity index (χ1v) is 7.65. The number of hydrazone groups is 1. The van der Waals surface area contributed by atoms with E-state index in [1.165, 1.54) is 19.4 Å². The number of rotatable bonds is 4. The van der Waals surface area contributed by atoms with Crippen LogP contribution in [0.15, 0.2) is 53.6 Å². The van der Waals surface area contributed by atoms with Crippen molar-refractivity contribution in [2.75, 3.05) is 7.11 Å². The number of carbonyl (C=O) groups is 1. The molecule has 0 saturated carbocycles. The van der Waals surface area contributed by atoms with Crippen LogP contribution < -0.4 is 10.2 Å². The molecule has 126 valence electrons. The SMILES string of the molecule is COc1cc(C=NNC(=O)c2cc(C)nc3ccccc23)ccc1O. The molecule has 6 nitrogen and oxygen atoms in total. The van der Waals surface area contributed by atoms with Gasteiger partial charge in [-0.3, -0.25) is 9.78 Å². The number of para-hydroxylation sites is 1. The number of carbonyl (C=O) groups excluding carboxylic acids is 1. The van der Waals surface area contributed by atoms with Gasteiger partial charge in [-0.1, -0.05) is 18.2 Å². The van der Waals surface area contributed by atoms with Gasteiger partial charge in [0.2, 0.25) is 0 Å². The first-order chi connectivity index (χ1) is 12.1. The Hall–Kier alpha value is -3.41. The van der Waals surface area contributed by atoms with Crippen LogP contribution in [0.5, 0.6) is 11.5 Å². The zero-order chi connectivity index (χ0) is 17.8. The van der Waals surface area contributed by atoms with E-state index in [-0.39, 0.29) is 11.7 Å². The highest BCUT2D eigenvalue weighted by Crippen LogP contribution is 2.25. The Kier molecular flexibility index (Phi) is 4.61. The van der Waals surface area contributed by atoms with Crippen molar-refractivity contribution < 1.29 is 14.6 Å². The van der Waals surface area contributed by atoms with Crippen molar-refractivity contribution in [3.05, 3.63) is 65.4 Å². The number of aromatic hydroxyl groups is 1. The van der Waals surface area contributed by atoms with Crippen LogP contribution in [0.4, 0.5) is 0 Å². The van der Waals surface area contributed by atoms with Crippen LogP contribution in [-0.4, -0.2) is 29.3 Å². The third-order valence-corrected chi connectivity index (χ3v) is 3.67. The van der Waals surface area contributed by atoms with Crippen LogP contribution in [0, 0.1) is 6.92 Å². The van der Waals surface area contributed by atoms with Crippen LogP contribution in [0.25, 0.3) is 10.9 Å². The lowest BCUT2D eigenvalue weighted by molar-refractivity contribution is 0.0956. The molecule has 0 aliphatic carbocycles. The molecule has 2 N–H and O–H groups in total. The van der Waals surface area contributed by atoms with E-state index in [2.05, 4.69) is 15.5 Å². The largest absolute Gasteiger partial charge is 0.504 e. The minimum atomic E-state index is -0.316. The van der Waals surface area contributed by atoms with E-state index in [1.807, 2.05) is 31.2 Å². The number of methoxy groups -OCH3 is 1. The number of benzene rings is 2. The molecule has 0 radical (unpaired) electrons. The van der Waals surface area contributed by atoms with E-state index in [0.29, 0.717) is 16.9 Å². The third-order valence-electron chi connectivity index (χ3n) is 3.67. The van der Waals surface area contributed by atoms with Gasteiger partial charge in [0.15, 0.2) is 11.5 Å². The molecule has 0 bridgehead atoms. The predicted molar refractivity (Wildman–Crippen MR) is 96.2 cm³/mol. The van der Waals surface area contributed by atoms with Gasteiger partial charge in [0, 0.05) is 11.1 Å². The lowest BCUT2D eigenvalue weighted by atomic mass is 10.1. The van der Waals surface area contributed by atoms with Crippen LogP contribution in [0.1, 0.15) is 21.6 Å². The lowest BCUT2D eigenvalue weighted by Crippen LogP contribution is -2.18. The zero-order valence-electron chi connectivity index (χ0n) is 13.9. The van der Waals surface area contributed by atoms with Gasteiger partial charge < -0.3 is 9.84 Å². The van der Waals surface area contributed by atoms with Gasteiger partial charge >= 0.3 is 0 Å². The summed E-state index contributed by atoms with van der Waals surface area (Å²) in [5.74, 6) is 0.0668. The average molecular weight is 335 g/mol. The van der Waals surface area contributed by atoms with Crippen LogP contribution in [0.2, 0.25) is 0 Å². The smallest absolute Gasteiger partial charge is 0.272 e. The minimum absolute atomic E-state index is 0.0439. The fraction of sp³-hybridized carbons (Fsp3) is 0.105. The first kappa shape index (κ1) is 16.4. The maximum Gasteiger partial charge on any atom is 0.272 e. The number of nitrogens with one attached hydrogen (secondary N) is 1. The van der Waals surface area contributed by atoms with E-state index in [9.17, 15) is 9.90 Å². The van der Waals surface area contributed by atoms with E-state index in [1.54, 1.807) is 18.2 Å². The monoisotopic (exact) mass is 335 g/mol. The molecule has 0 spiro atoms. The molecule has 1 heterocycles. The van der Waals surface area contributed by atoms with E-state index in [0.717, 1.165) is 16.6 Å². The highest BCUT2D eigenvalue weighted by atomic mass is 16.5. The molecule has 2 aromatic carbocycles. The maximum absolute atomic E-state index is 12.5. The van der Waals surface area contributed by atoms with Crippen LogP contribution in [-0.2, 0) is 0 Å². The molecule has 1 amide bonds. The molecule has 0 fully saturated rings. The van der Waals surface area contributed by atoms with Gasteiger partial charge in [0.1, 0.15) is 0 Å². The number of hydrogen-bond acceptors (Lipinski definition) is 5. The second-order valence-electron chi connectivity index (χ2n) is 5.46. The fourth-order valence-electron chi connectivity index (χ4n) is 2.50. The normalized spacial score (nSPS) is 11.0. The van der Waals surface area contributed by atoms with Crippen molar-refractivity contribution in [3.8, 4) is 11.5 Å². The van der Waals surface area contributed by atoms with E-state index in [4.69, 9.17) is 4.74 Å². The Bertz CT molecular complexity index is 967. The highest BCUT2D eigenvalue weighted by Gasteiger charge is 2.11. The highest BCUT2D eigenvalue weighted by molar-refractivity contribution is 6.06. The Morgan fingerprint density at radius 1 is 1.24 bits per heavy atom. The van der Waals surface area contributed by atoms with E-state index >= 15 is 0 Å². The number of pyridine rings is 1. The number of nitrogens with zero attached hydrogens (tertiary/aromatic N) is 2. The Labute approximate surface area is 144 Å². The van der Waals surface area contributed by atoms with Crippen molar-refractivity contribution in [1.82, 2.24) is 10.4 Å². The molecule has 1 aromatic heterocycles. The summed E-state index contributed by atoms with van der Waals surface area (Å²) in [5.41, 5.74) is 5.25. The molecular weight excluding hydrogens is 318 g/mol. The lowest BCUT2D eigenvalue weighted by Gasteiger charge is -2.06. The number of aryl methyl sites for hydroxylation is 1. The molecule has 0 atom stereocenters. The maximum atomic E-state index is 12.5. The minimum Gasteiger partial charge on any atom is -0.504 e. The second-order valence-corrected chi connectivity index (χ2v) is 5.46. The number of hydrogen-bond donors (Lipinski definition) is 2. The second kappa shape index (κ2) is 7.00. The summed E-state index contributed by atoms with van der Waals surface area (Å²) >= 11 is 0. The summed E-state index contributed by atoms with van der Waals surface area (Å²) in [6, 6.07) is 14.0. The Morgan fingerprint density at radius 3 is 2.84 bits per heavy atom. The number of phenols is 1. The van der Waals surface area contributed by atoms with Gasteiger partial charge in [-0.2, -0.15) is 5.10 Å². The van der Waals surface area contributed by atoms with Crippen molar-refractivity contribution >= 4 is 23.0 Å².